The van der Waals surface area contributed by atoms with Gasteiger partial charge in [0.05, 0.1) is 0 Å². The van der Waals surface area contributed by atoms with Crippen molar-refractivity contribution in [3.63, 3.8) is 0 Å². The lowest BCUT2D eigenvalue weighted by atomic mass is 10.3. The van der Waals surface area contributed by atoms with Crippen LogP contribution in [0.1, 0.15) is 20.3 Å². The Kier molecular flexibility index (Phi) is 4.65. The maximum absolute atomic E-state index is 10.9. The summed E-state index contributed by atoms with van der Waals surface area (Å²) in [6.45, 7) is 6.66. The van der Waals surface area contributed by atoms with Crippen LogP contribution in [0.25, 0.3) is 0 Å². The minimum absolute atomic E-state index is 0.287. The fourth-order valence-electron chi connectivity index (χ4n) is 0.484. The smallest absolute Gasteiger partial charge is 0.335 e. The van der Waals surface area contributed by atoms with E-state index in [2.05, 4.69) is 11.6 Å². The predicted octanol–water partition coefficient (Wildman–Crippen LogP) is 1.18. The van der Waals surface area contributed by atoms with Crippen LogP contribution in [0.15, 0.2) is 17.1 Å². The quantitative estimate of drug-likeness (QED) is 0.275. The number of ether oxygens (including phenoxy) is 1. The van der Waals surface area contributed by atoms with Gasteiger partial charge in [-0.3, -0.25) is 0 Å². The first-order valence-electron chi connectivity index (χ1n) is 3.55. The zero-order valence-corrected chi connectivity index (χ0v) is 7.16. The third kappa shape index (κ3) is 3.68. The number of aliphatic imine (C=N–C) groups is 1. The van der Waals surface area contributed by atoms with E-state index >= 15 is 0 Å². The van der Waals surface area contributed by atoms with Gasteiger partial charge < -0.3 is 4.74 Å². The third-order valence-electron chi connectivity index (χ3n) is 1.14. The highest BCUT2D eigenvalue weighted by Crippen LogP contribution is 2.02. The lowest BCUT2D eigenvalue weighted by Gasteiger charge is -2.08. The van der Waals surface area contributed by atoms with E-state index < -0.39 is 12.2 Å². The molecule has 0 aromatic carbocycles. The van der Waals surface area contributed by atoms with Gasteiger partial charge in [0.25, 0.3) is 0 Å². The van der Waals surface area contributed by atoms with Crippen molar-refractivity contribution in [2.24, 2.45) is 4.99 Å². The molecule has 66 valence electrons. The van der Waals surface area contributed by atoms with Crippen molar-refractivity contribution in [3.8, 4) is 0 Å². The molecule has 0 fully saturated rings. The number of isocyanates is 1. The second-order valence-electron chi connectivity index (χ2n) is 2.27. The number of nitrogens with zero attached hydrogens (tertiary/aromatic N) is 1. The van der Waals surface area contributed by atoms with E-state index in [0.717, 1.165) is 0 Å². The average Bonchev–Trinajstić information content (AvgIpc) is 2.03. The molecule has 1 atom stereocenters. The maximum Gasteiger partial charge on any atom is 0.335 e. The van der Waals surface area contributed by atoms with E-state index in [-0.39, 0.29) is 5.57 Å². The minimum atomic E-state index is -0.730. The molecule has 0 bridgehead atoms. The molecule has 0 amide bonds. The SMILES string of the molecule is C=C(C)C(=O)O[C@@H](CC)N=C=O. The van der Waals surface area contributed by atoms with Crippen LogP contribution in [0.4, 0.5) is 0 Å². The van der Waals surface area contributed by atoms with Crippen LogP contribution in [-0.2, 0) is 14.3 Å². The zero-order chi connectivity index (χ0) is 9.56. The summed E-state index contributed by atoms with van der Waals surface area (Å²) in [6.07, 6.45) is 1.05. The molecule has 0 aromatic rings. The summed E-state index contributed by atoms with van der Waals surface area (Å²) in [4.78, 5) is 24.0. The molecule has 0 saturated carbocycles. The first kappa shape index (κ1) is 10.6. The highest BCUT2D eigenvalue weighted by molar-refractivity contribution is 5.87. The van der Waals surface area contributed by atoms with Crippen molar-refractivity contribution in [1.29, 1.82) is 0 Å². The fourth-order valence-corrected chi connectivity index (χ4v) is 0.484. The average molecular weight is 169 g/mol. The van der Waals surface area contributed by atoms with E-state index in [9.17, 15) is 9.59 Å². The Morgan fingerprint density at radius 2 is 2.33 bits per heavy atom. The first-order chi connectivity index (χ1) is 5.61. The standard InChI is InChI=1S/C8H11NO3/c1-4-7(9-5-10)12-8(11)6(2)3/h7H,2,4H2,1,3H3/t7-/m0/s1. The molecule has 0 aliphatic rings. The highest BCUT2D eigenvalue weighted by Gasteiger charge is 2.10. The number of carbonyl (C=O) groups excluding carboxylic acids is 2. The molecular weight excluding hydrogens is 158 g/mol. The van der Waals surface area contributed by atoms with Gasteiger partial charge in [-0.15, -0.1) is 0 Å². The van der Waals surface area contributed by atoms with E-state index in [1.165, 1.54) is 13.0 Å². The Bertz CT molecular complexity index is 228. The summed E-state index contributed by atoms with van der Waals surface area (Å²) < 4.78 is 4.73. The van der Waals surface area contributed by atoms with E-state index in [1.54, 1.807) is 6.92 Å². The molecular formula is C8H11NO3. The van der Waals surface area contributed by atoms with Gasteiger partial charge in [0.2, 0.25) is 12.3 Å². The van der Waals surface area contributed by atoms with Crippen LogP contribution in [-0.4, -0.2) is 18.3 Å². The molecule has 0 heterocycles. The predicted molar refractivity (Wildman–Crippen MR) is 43.1 cm³/mol. The van der Waals surface area contributed by atoms with Gasteiger partial charge in [-0.1, -0.05) is 13.5 Å². The van der Waals surface area contributed by atoms with Crippen LogP contribution in [0, 0.1) is 0 Å². The second-order valence-corrected chi connectivity index (χ2v) is 2.27. The Hall–Kier alpha value is -1.41. The van der Waals surface area contributed by atoms with Crippen LogP contribution >= 0.6 is 0 Å². The maximum atomic E-state index is 10.9. The van der Waals surface area contributed by atoms with Crippen molar-refractivity contribution < 1.29 is 14.3 Å². The molecule has 0 radical (unpaired) electrons. The van der Waals surface area contributed by atoms with Crippen molar-refractivity contribution in [2.75, 3.05) is 0 Å². The highest BCUT2D eigenvalue weighted by atomic mass is 16.6. The summed E-state index contributed by atoms with van der Waals surface area (Å²) in [7, 11) is 0. The summed E-state index contributed by atoms with van der Waals surface area (Å²) >= 11 is 0. The van der Waals surface area contributed by atoms with Gasteiger partial charge in [-0.2, -0.15) is 4.99 Å². The molecule has 0 saturated heterocycles. The summed E-state index contributed by atoms with van der Waals surface area (Å²) in [6, 6.07) is 0. The number of carbonyl (C=O) groups is 1. The van der Waals surface area contributed by atoms with Crippen LogP contribution in [0.5, 0.6) is 0 Å². The zero-order valence-electron chi connectivity index (χ0n) is 7.16. The molecule has 12 heavy (non-hydrogen) atoms. The van der Waals surface area contributed by atoms with Gasteiger partial charge in [0.15, 0.2) is 0 Å². The lowest BCUT2D eigenvalue weighted by Crippen LogP contribution is -2.15. The van der Waals surface area contributed by atoms with E-state index in [4.69, 9.17) is 4.74 Å². The van der Waals surface area contributed by atoms with Crippen molar-refractivity contribution in [1.82, 2.24) is 0 Å². The van der Waals surface area contributed by atoms with Crippen molar-refractivity contribution in [3.05, 3.63) is 12.2 Å². The molecule has 0 N–H and O–H groups in total. The van der Waals surface area contributed by atoms with Gasteiger partial charge in [-0.05, 0) is 6.92 Å². The molecule has 0 spiro atoms. The third-order valence-corrected chi connectivity index (χ3v) is 1.14. The van der Waals surface area contributed by atoms with Gasteiger partial charge >= 0.3 is 5.97 Å². The Labute approximate surface area is 70.9 Å². The molecule has 0 rings (SSSR count). The molecule has 0 unspecified atom stereocenters. The van der Waals surface area contributed by atoms with Crippen LogP contribution in [0.2, 0.25) is 0 Å². The number of hydrogen-bond donors (Lipinski definition) is 0. The molecule has 0 aromatic heterocycles. The lowest BCUT2D eigenvalue weighted by molar-refractivity contribution is -0.143. The van der Waals surface area contributed by atoms with Crippen LogP contribution < -0.4 is 0 Å². The topological polar surface area (TPSA) is 55.7 Å². The fraction of sp³-hybridized carbons (Fsp3) is 0.500. The largest absolute Gasteiger partial charge is 0.436 e. The minimum Gasteiger partial charge on any atom is -0.436 e. The van der Waals surface area contributed by atoms with Gasteiger partial charge in [0.1, 0.15) is 0 Å². The van der Waals surface area contributed by atoms with Gasteiger partial charge in [0, 0.05) is 12.0 Å². The second kappa shape index (κ2) is 5.27. The summed E-state index contributed by atoms with van der Waals surface area (Å²) in [5.41, 5.74) is 0.287. The van der Waals surface area contributed by atoms with E-state index in [1.807, 2.05) is 0 Å². The van der Waals surface area contributed by atoms with Gasteiger partial charge in [-0.25, -0.2) is 9.59 Å². The molecule has 4 nitrogen and oxygen atoms in total. The Morgan fingerprint density at radius 3 is 2.67 bits per heavy atom. The summed E-state index contributed by atoms with van der Waals surface area (Å²) in [5, 5.41) is 0. The van der Waals surface area contributed by atoms with Crippen molar-refractivity contribution >= 4 is 12.0 Å². The molecule has 4 heteroatoms. The number of rotatable bonds is 4. The Balaban J connectivity index is 4.11. The normalized spacial score (nSPS) is 11.2. The number of esters is 1. The number of hydrogen-bond acceptors (Lipinski definition) is 4. The molecule has 0 aliphatic heterocycles. The Morgan fingerprint density at radius 1 is 1.75 bits per heavy atom. The molecule has 0 aliphatic carbocycles. The van der Waals surface area contributed by atoms with E-state index in [0.29, 0.717) is 6.42 Å². The van der Waals surface area contributed by atoms with Crippen molar-refractivity contribution in [2.45, 2.75) is 26.5 Å². The van der Waals surface area contributed by atoms with Crippen LogP contribution in [0.3, 0.4) is 0 Å². The monoisotopic (exact) mass is 169 g/mol. The first-order valence-corrected chi connectivity index (χ1v) is 3.55. The summed E-state index contributed by atoms with van der Waals surface area (Å²) in [5.74, 6) is -0.541.